The number of carbonyl (C=O) groups is 3. The van der Waals surface area contributed by atoms with Crippen molar-refractivity contribution in [2.45, 2.75) is 135 Å². The molecule has 1 unspecified atom stereocenters. The first-order valence-electron chi connectivity index (χ1n) is 16.8. The molecule has 2 heterocycles. The Kier molecular flexibility index (Phi) is 12.9. The van der Waals surface area contributed by atoms with E-state index in [0.717, 1.165) is 25.8 Å². The highest BCUT2D eigenvalue weighted by Gasteiger charge is 2.48. The van der Waals surface area contributed by atoms with Crippen LogP contribution in [0.3, 0.4) is 0 Å². The van der Waals surface area contributed by atoms with Gasteiger partial charge in [-0.2, -0.15) is 0 Å². The van der Waals surface area contributed by atoms with E-state index in [0.29, 0.717) is 12.8 Å². The van der Waals surface area contributed by atoms with Crippen LogP contribution in [-0.2, 0) is 33.3 Å². The Balaban J connectivity index is 1.81. The number of amides is 1. The molecule has 45 heavy (non-hydrogen) atoms. The van der Waals surface area contributed by atoms with E-state index in [1.165, 1.54) is 0 Å². The number of nitrogens with zero attached hydrogens (tertiary/aromatic N) is 2. The summed E-state index contributed by atoms with van der Waals surface area (Å²) in [6, 6.07) is 0.232. The van der Waals surface area contributed by atoms with Crippen LogP contribution in [0.2, 0.25) is 0 Å². The third kappa shape index (κ3) is 10.1. The Labute approximate surface area is 271 Å². The molecule has 0 spiro atoms. The van der Waals surface area contributed by atoms with Gasteiger partial charge in [0.2, 0.25) is 0 Å². The molecule has 2 saturated heterocycles. The summed E-state index contributed by atoms with van der Waals surface area (Å²) in [5, 5.41) is 2.96. The van der Waals surface area contributed by atoms with E-state index in [-0.39, 0.29) is 48.5 Å². The molecule has 11 nitrogen and oxygen atoms in total. The van der Waals surface area contributed by atoms with Gasteiger partial charge in [0.15, 0.2) is 12.1 Å². The van der Waals surface area contributed by atoms with Crippen molar-refractivity contribution in [1.29, 1.82) is 0 Å². The van der Waals surface area contributed by atoms with Crippen LogP contribution >= 0.6 is 0 Å². The lowest BCUT2D eigenvalue weighted by molar-refractivity contribution is -0.262. The molecule has 0 radical (unpaired) electrons. The maximum absolute atomic E-state index is 13.9. The SMILES string of the molecule is CO[C@]1(C)C[C@@H](C)CN(C)[C@H](C2CC(NC(=O)OC(C)(C)C)C2)COC(=O)C(C)C(=O)[C@H](C)[C@H]1O[C@H]1C[C@@H](N(C)C)C[C@@H](C)O1. The fourth-order valence-electron chi connectivity index (χ4n) is 7.38. The summed E-state index contributed by atoms with van der Waals surface area (Å²) >= 11 is 0. The minimum atomic E-state index is -0.958. The second-order valence-electron chi connectivity index (χ2n) is 15.5. The highest BCUT2D eigenvalue weighted by Crippen LogP contribution is 2.38. The van der Waals surface area contributed by atoms with Crippen molar-refractivity contribution in [2.75, 3.05) is 41.4 Å². The number of alkyl carbamates (subject to hydrolysis) is 1. The number of nitrogens with one attached hydrogen (secondary N) is 1. The zero-order valence-corrected chi connectivity index (χ0v) is 29.9. The van der Waals surface area contributed by atoms with Gasteiger partial charge in [0.1, 0.15) is 18.1 Å². The van der Waals surface area contributed by atoms with Gasteiger partial charge in [0.25, 0.3) is 0 Å². The summed E-state index contributed by atoms with van der Waals surface area (Å²) in [6.45, 7) is 16.1. The number of esters is 1. The smallest absolute Gasteiger partial charge is 0.407 e. The van der Waals surface area contributed by atoms with Gasteiger partial charge in [-0.05, 0) is 100 Å². The van der Waals surface area contributed by atoms with Crippen LogP contribution in [0.5, 0.6) is 0 Å². The van der Waals surface area contributed by atoms with Crippen molar-refractivity contribution >= 4 is 17.8 Å². The first-order chi connectivity index (χ1) is 20.8. The number of ketones is 1. The Morgan fingerprint density at radius 3 is 2.29 bits per heavy atom. The molecule has 1 amide bonds. The summed E-state index contributed by atoms with van der Waals surface area (Å²) < 4.78 is 30.4. The van der Waals surface area contributed by atoms with Gasteiger partial charge in [-0.3, -0.25) is 14.5 Å². The van der Waals surface area contributed by atoms with Crippen LogP contribution in [0.1, 0.15) is 87.5 Å². The van der Waals surface area contributed by atoms with Crippen LogP contribution in [0.4, 0.5) is 4.79 Å². The van der Waals surface area contributed by atoms with E-state index in [1.54, 1.807) is 14.0 Å². The number of carbonyl (C=O) groups excluding carboxylic acids is 3. The third-order valence-electron chi connectivity index (χ3n) is 9.99. The minimum absolute atomic E-state index is 0.00353. The van der Waals surface area contributed by atoms with Crippen molar-refractivity contribution in [3.05, 3.63) is 0 Å². The second-order valence-corrected chi connectivity index (χ2v) is 15.5. The third-order valence-corrected chi connectivity index (χ3v) is 9.99. The molecular formula is C34H61N3O8. The number of Topliss-reactive ketones (excluding diaryl/α,β-unsaturated/α-hetero) is 1. The Morgan fingerprint density at radius 2 is 1.71 bits per heavy atom. The molecule has 1 N–H and O–H groups in total. The van der Waals surface area contributed by atoms with Crippen LogP contribution < -0.4 is 5.32 Å². The van der Waals surface area contributed by atoms with E-state index in [2.05, 4.69) is 43.2 Å². The maximum Gasteiger partial charge on any atom is 0.407 e. The topological polar surface area (TPSA) is 116 Å². The van der Waals surface area contributed by atoms with E-state index < -0.39 is 47.5 Å². The number of hydrogen-bond acceptors (Lipinski definition) is 10. The van der Waals surface area contributed by atoms with E-state index in [1.807, 2.05) is 41.5 Å². The largest absolute Gasteiger partial charge is 0.463 e. The second kappa shape index (κ2) is 15.4. The first kappa shape index (κ1) is 37.7. The molecule has 3 rings (SSSR count). The molecule has 1 aliphatic carbocycles. The van der Waals surface area contributed by atoms with Crippen LogP contribution in [0.15, 0.2) is 0 Å². The molecule has 0 aromatic rings. The lowest BCUT2D eigenvalue weighted by Gasteiger charge is -2.46. The lowest BCUT2D eigenvalue weighted by Crippen LogP contribution is -2.55. The monoisotopic (exact) mass is 639 g/mol. The van der Waals surface area contributed by atoms with Gasteiger partial charge in [0.05, 0.1) is 17.8 Å². The van der Waals surface area contributed by atoms with Crippen molar-refractivity contribution in [3.63, 3.8) is 0 Å². The molecular weight excluding hydrogens is 578 g/mol. The van der Waals surface area contributed by atoms with Crippen LogP contribution in [0.25, 0.3) is 0 Å². The van der Waals surface area contributed by atoms with Crippen molar-refractivity contribution in [1.82, 2.24) is 15.1 Å². The molecule has 1 saturated carbocycles. The summed E-state index contributed by atoms with van der Waals surface area (Å²) in [5.74, 6) is -1.98. The quantitative estimate of drug-likeness (QED) is 0.334. The van der Waals surface area contributed by atoms with Crippen LogP contribution in [-0.4, -0.2) is 117 Å². The number of methoxy groups -OCH3 is 1. The normalized spacial score (nSPS) is 39.6. The van der Waals surface area contributed by atoms with Gasteiger partial charge >= 0.3 is 12.1 Å². The molecule has 11 heteroatoms. The molecule has 0 bridgehead atoms. The number of ether oxygens (including phenoxy) is 5. The minimum Gasteiger partial charge on any atom is -0.463 e. The van der Waals surface area contributed by atoms with E-state index >= 15 is 0 Å². The molecule has 0 aromatic carbocycles. The number of cyclic esters (lactones) is 1. The zero-order valence-electron chi connectivity index (χ0n) is 29.9. The highest BCUT2D eigenvalue weighted by atomic mass is 16.7. The summed E-state index contributed by atoms with van der Waals surface area (Å²) in [6.07, 6.45) is 2.17. The first-order valence-corrected chi connectivity index (χ1v) is 16.8. The van der Waals surface area contributed by atoms with Gasteiger partial charge in [0, 0.05) is 44.1 Å². The standard InChI is InChI=1S/C34H61N3O8/c1-20-17-34(8,41-12)30(44-28-16-26(36(9)10)13-21(2)43-28)22(3)29(38)23(4)31(39)42-19-27(37(11)18-20)24-14-25(15-24)35-32(40)45-33(5,6)7/h20-28,30H,13-19H2,1-12H3,(H,35,40)/t20-,21-,22+,23?,24?,25?,26+,27+,28+,30-,34-/m1/s1. The summed E-state index contributed by atoms with van der Waals surface area (Å²) in [5.41, 5.74) is -1.38. The average Bonchev–Trinajstić information content (AvgIpc) is 2.91. The predicted molar refractivity (Wildman–Crippen MR) is 172 cm³/mol. The van der Waals surface area contributed by atoms with E-state index in [4.69, 9.17) is 23.7 Å². The number of hydrogen-bond donors (Lipinski definition) is 1. The molecule has 3 aliphatic rings. The van der Waals surface area contributed by atoms with Gasteiger partial charge in [-0.15, -0.1) is 0 Å². The molecule has 0 aromatic heterocycles. The summed E-state index contributed by atoms with van der Waals surface area (Å²) in [7, 11) is 7.84. The predicted octanol–water partition coefficient (Wildman–Crippen LogP) is 4.26. The number of rotatable bonds is 6. The van der Waals surface area contributed by atoms with Crippen molar-refractivity contribution in [2.24, 2.45) is 23.7 Å². The molecule has 3 fully saturated rings. The number of likely N-dealkylation sites (N-methyl/N-ethyl adjacent to an activating group) is 1. The zero-order chi connectivity index (χ0) is 33.9. The lowest BCUT2D eigenvalue weighted by atomic mass is 9.75. The Morgan fingerprint density at radius 1 is 1.07 bits per heavy atom. The van der Waals surface area contributed by atoms with Crippen LogP contribution in [0, 0.1) is 23.7 Å². The fourth-order valence-corrected chi connectivity index (χ4v) is 7.38. The van der Waals surface area contributed by atoms with Gasteiger partial charge in [-0.1, -0.05) is 13.8 Å². The molecule has 260 valence electrons. The fraction of sp³-hybridized carbons (Fsp3) is 0.912. The van der Waals surface area contributed by atoms with Crippen molar-refractivity contribution < 1.29 is 38.1 Å². The molecule has 9 atom stereocenters. The highest BCUT2D eigenvalue weighted by molar-refractivity contribution is 6.00. The maximum atomic E-state index is 13.9. The summed E-state index contributed by atoms with van der Waals surface area (Å²) in [4.78, 5) is 43.9. The Bertz CT molecular complexity index is 1010. The molecule has 2 aliphatic heterocycles. The van der Waals surface area contributed by atoms with Gasteiger partial charge in [-0.25, -0.2) is 4.79 Å². The van der Waals surface area contributed by atoms with Gasteiger partial charge < -0.3 is 33.9 Å². The van der Waals surface area contributed by atoms with E-state index in [9.17, 15) is 14.4 Å². The average molecular weight is 640 g/mol. The van der Waals surface area contributed by atoms with Crippen molar-refractivity contribution in [3.8, 4) is 0 Å². The Hall–Kier alpha value is -1.79.